The second-order valence-electron chi connectivity index (χ2n) is 5.96. The van der Waals surface area contributed by atoms with Gasteiger partial charge in [-0.05, 0) is 24.1 Å². The molecule has 2 aromatic rings. The van der Waals surface area contributed by atoms with E-state index in [0.29, 0.717) is 32.8 Å². The summed E-state index contributed by atoms with van der Waals surface area (Å²) in [7, 11) is 1.81. The minimum absolute atomic E-state index is 0.0366. The average Bonchev–Trinajstić information content (AvgIpc) is 2.97. The molecule has 1 aliphatic rings. The maximum Gasteiger partial charge on any atom is 0.226 e. The zero-order valence-electron chi connectivity index (χ0n) is 13.7. The van der Waals surface area contributed by atoms with Crippen molar-refractivity contribution in [3.8, 4) is 0 Å². The molecule has 1 fully saturated rings. The van der Waals surface area contributed by atoms with Gasteiger partial charge < -0.3 is 18.8 Å². The van der Waals surface area contributed by atoms with Gasteiger partial charge in [0.15, 0.2) is 0 Å². The van der Waals surface area contributed by atoms with Crippen molar-refractivity contribution < 1.29 is 18.7 Å². The van der Waals surface area contributed by atoms with E-state index >= 15 is 0 Å². The number of likely N-dealkylation sites (N-methyl/N-ethyl adjacent to an activating group) is 1. The number of aryl methyl sites for hydroxylation is 1. The lowest BCUT2D eigenvalue weighted by atomic mass is 10.1. The summed E-state index contributed by atoms with van der Waals surface area (Å²) in [6.07, 6.45) is 2.96. The summed E-state index contributed by atoms with van der Waals surface area (Å²) in [5.41, 5.74) is 3.01. The highest BCUT2D eigenvalue weighted by atomic mass is 16.6. The number of carbonyl (C=O) groups is 1. The number of fused-ring (bicyclic) bond motifs is 1. The molecule has 1 aliphatic heterocycles. The fourth-order valence-electron chi connectivity index (χ4n) is 2.83. The molecule has 3 rings (SSSR count). The van der Waals surface area contributed by atoms with Crippen LogP contribution in [0.4, 0.5) is 0 Å². The van der Waals surface area contributed by atoms with Crippen LogP contribution < -0.4 is 0 Å². The van der Waals surface area contributed by atoms with Gasteiger partial charge in [0.1, 0.15) is 5.58 Å². The van der Waals surface area contributed by atoms with Crippen molar-refractivity contribution in [2.45, 2.75) is 25.9 Å². The summed E-state index contributed by atoms with van der Waals surface area (Å²) in [6, 6.07) is 6.14. The van der Waals surface area contributed by atoms with Gasteiger partial charge in [-0.3, -0.25) is 4.79 Å². The Balaban J connectivity index is 1.67. The number of rotatable bonds is 5. The summed E-state index contributed by atoms with van der Waals surface area (Å²) < 4.78 is 16.5. The Morgan fingerprint density at radius 3 is 2.96 bits per heavy atom. The van der Waals surface area contributed by atoms with Crippen molar-refractivity contribution in [1.29, 1.82) is 0 Å². The topological polar surface area (TPSA) is 51.9 Å². The van der Waals surface area contributed by atoms with Crippen LogP contribution in [0.2, 0.25) is 0 Å². The van der Waals surface area contributed by atoms with Gasteiger partial charge in [-0.15, -0.1) is 0 Å². The Morgan fingerprint density at radius 1 is 1.35 bits per heavy atom. The molecular formula is C18H23NO4. The molecule has 23 heavy (non-hydrogen) atoms. The molecule has 1 unspecified atom stereocenters. The summed E-state index contributed by atoms with van der Waals surface area (Å²) in [5, 5.41) is 1.03. The predicted octanol–water partition coefficient (Wildman–Crippen LogP) is 2.41. The number of hydrogen-bond donors (Lipinski definition) is 0. The zero-order chi connectivity index (χ0) is 16.2. The van der Waals surface area contributed by atoms with Gasteiger partial charge >= 0.3 is 0 Å². The average molecular weight is 317 g/mol. The molecular weight excluding hydrogens is 294 g/mol. The van der Waals surface area contributed by atoms with E-state index in [2.05, 4.69) is 19.1 Å². The summed E-state index contributed by atoms with van der Waals surface area (Å²) in [4.78, 5) is 14.2. The van der Waals surface area contributed by atoms with Crippen molar-refractivity contribution in [3.63, 3.8) is 0 Å². The molecule has 1 saturated heterocycles. The first-order chi connectivity index (χ1) is 11.2. The quantitative estimate of drug-likeness (QED) is 0.850. The number of furan rings is 1. The fraction of sp³-hybridized carbons (Fsp3) is 0.500. The van der Waals surface area contributed by atoms with Crippen LogP contribution in [-0.2, 0) is 27.1 Å². The number of ether oxygens (including phenoxy) is 2. The highest BCUT2D eigenvalue weighted by Gasteiger charge is 2.20. The van der Waals surface area contributed by atoms with Gasteiger partial charge in [-0.1, -0.05) is 13.0 Å². The van der Waals surface area contributed by atoms with Gasteiger partial charge in [-0.2, -0.15) is 0 Å². The van der Waals surface area contributed by atoms with Crippen molar-refractivity contribution in [3.05, 3.63) is 35.6 Å². The molecule has 0 aliphatic carbocycles. The van der Waals surface area contributed by atoms with Gasteiger partial charge in [-0.25, -0.2) is 0 Å². The first-order valence-corrected chi connectivity index (χ1v) is 8.09. The Bertz CT molecular complexity index is 673. The van der Waals surface area contributed by atoms with Gasteiger partial charge in [0.05, 0.1) is 38.6 Å². The first kappa shape index (κ1) is 16.0. The molecule has 1 aromatic carbocycles. The van der Waals surface area contributed by atoms with Crippen molar-refractivity contribution >= 4 is 16.9 Å². The van der Waals surface area contributed by atoms with E-state index in [1.54, 1.807) is 18.2 Å². The van der Waals surface area contributed by atoms with Crippen LogP contribution in [0.15, 0.2) is 28.9 Å². The van der Waals surface area contributed by atoms with E-state index in [1.165, 1.54) is 5.56 Å². The fourth-order valence-corrected chi connectivity index (χ4v) is 2.83. The number of amides is 1. The largest absolute Gasteiger partial charge is 0.464 e. The Labute approximate surface area is 136 Å². The molecule has 5 nitrogen and oxygen atoms in total. The second-order valence-corrected chi connectivity index (χ2v) is 5.96. The minimum Gasteiger partial charge on any atom is -0.464 e. The van der Waals surface area contributed by atoms with Crippen LogP contribution in [0.3, 0.4) is 0 Å². The van der Waals surface area contributed by atoms with E-state index in [0.717, 1.165) is 23.0 Å². The lowest BCUT2D eigenvalue weighted by molar-refractivity contribution is -0.135. The van der Waals surface area contributed by atoms with E-state index in [4.69, 9.17) is 13.9 Å². The summed E-state index contributed by atoms with van der Waals surface area (Å²) in [5.74, 6) is 0.0591. The monoisotopic (exact) mass is 317 g/mol. The molecule has 1 atom stereocenters. The van der Waals surface area contributed by atoms with E-state index in [-0.39, 0.29) is 12.0 Å². The van der Waals surface area contributed by atoms with Gasteiger partial charge in [0, 0.05) is 24.5 Å². The molecule has 0 bridgehead atoms. The molecule has 0 radical (unpaired) electrons. The van der Waals surface area contributed by atoms with Crippen LogP contribution in [0.25, 0.3) is 11.0 Å². The van der Waals surface area contributed by atoms with E-state index in [9.17, 15) is 4.79 Å². The molecule has 0 saturated carbocycles. The first-order valence-electron chi connectivity index (χ1n) is 8.09. The van der Waals surface area contributed by atoms with Crippen molar-refractivity contribution in [2.75, 3.05) is 33.4 Å². The van der Waals surface area contributed by atoms with Gasteiger partial charge in [0.25, 0.3) is 0 Å². The van der Waals surface area contributed by atoms with Crippen LogP contribution >= 0.6 is 0 Å². The molecule has 0 spiro atoms. The molecule has 2 heterocycles. The lowest BCUT2D eigenvalue weighted by Crippen LogP contribution is -2.41. The Kier molecular flexibility index (Phi) is 4.98. The third-order valence-corrected chi connectivity index (χ3v) is 4.26. The SMILES string of the molecule is CCc1ccc2occ(CC(=O)N(C)CC3COCCO3)c2c1. The van der Waals surface area contributed by atoms with Crippen LogP contribution in [0.5, 0.6) is 0 Å². The van der Waals surface area contributed by atoms with E-state index < -0.39 is 0 Å². The number of hydrogen-bond acceptors (Lipinski definition) is 4. The van der Waals surface area contributed by atoms with Crippen LogP contribution in [-0.4, -0.2) is 50.3 Å². The maximum absolute atomic E-state index is 12.5. The Hall–Kier alpha value is -1.85. The van der Waals surface area contributed by atoms with Crippen molar-refractivity contribution in [1.82, 2.24) is 4.90 Å². The van der Waals surface area contributed by atoms with Gasteiger partial charge in [0.2, 0.25) is 5.91 Å². The number of carbonyl (C=O) groups excluding carboxylic acids is 1. The third kappa shape index (κ3) is 3.74. The standard InChI is InChI=1S/C18H23NO4/c1-3-13-4-5-17-16(8-13)14(11-23-17)9-18(20)19(2)10-15-12-21-6-7-22-15/h4-5,8,11,15H,3,6-7,9-10,12H2,1-2H3. The normalized spacial score (nSPS) is 18.3. The molecule has 5 heteroatoms. The maximum atomic E-state index is 12.5. The lowest BCUT2D eigenvalue weighted by Gasteiger charge is -2.27. The second kappa shape index (κ2) is 7.15. The number of nitrogens with zero attached hydrogens (tertiary/aromatic N) is 1. The number of benzene rings is 1. The predicted molar refractivity (Wildman–Crippen MR) is 87.5 cm³/mol. The van der Waals surface area contributed by atoms with Crippen LogP contribution in [0, 0.1) is 0 Å². The zero-order valence-corrected chi connectivity index (χ0v) is 13.7. The summed E-state index contributed by atoms with van der Waals surface area (Å²) >= 11 is 0. The summed E-state index contributed by atoms with van der Waals surface area (Å²) in [6.45, 7) is 4.45. The Morgan fingerprint density at radius 2 is 2.22 bits per heavy atom. The van der Waals surface area contributed by atoms with Crippen molar-refractivity contribution in [2.24, 2.45) is 0 Å². The molecule has 0 N–H and O–H groups in total. The smallest absolute Gasteiger partial charge is 0.226 e. The van der Waals surface area contributed by atoms with Crippen LogP contribution in [0.1, 0.15) is 18.1 Å². The molecule has 124 valence electrons. The third-order valence-electron chi connectivity index (χ3n) is 4.26. The highest BCUT2D eigenvalue weighted by Crippen LogP contribution is 2.23. The minimum atomic E-state index is -0.0366. The van der Waals surface area contributed by atoms with E-state index in [1.807, 2.05) is 6.07 Å². The highest BCUT2D eigenvalue weighted by molar-refractivity contribution is 5.88. The molecule has 1 aromatic heterocycles. The molecule has 1 amide bonds.